The van der Waals surface area contributed by atoms with E-state index in [9.17, 15) is 49.5 Å². The molecular weight excluding hydrogens is 580 g/mol. The van der Waals surface area contributed by atoms with E-state index in [2.05, 4.69) is 4.99 Å². The lowest BCUT2D eigenvalue weighted by molar-refractivity contribution is -0.318. The Hall–Kier alpha value is -3.00. The highest BCUT2D eigenvalue weighted by Crippen LogP contribution is 2.27. The molecule has 0 radical (unpaired) electrons. The largest absolute Gasteiger partial charge is 0.479 e. The number of amides is 3. The van der Waals surface area contributed by atoms with E-state index >= 15 is 0 Å². The van der Waals surface area contributed by atoms with E-state index in [1.165, 1.54) is 26.4 Å². The average molecular weight is 619 g/mol. The molecule has 3 amide bonds. The van der Waals surface area contributed by atoms with Gasteiger partial charge in [0.25, 0.3) is 11.8 Å². The molecule has 2 aliphatic rings. The van der Waals surface area contributed by atoms with Crippen molar-refractivity contribution in [3.63, 3.8) is 0 Å². The van der Waals surface area contributed by atoms with Crippen LogP contribution < -0.4 is 0 Å². The highest BCUT2D eigenvalue weighted by Gasteiger charge is 2.50. The Kier molecular flexibility index (Phi) is 14.6. The molecule has 17 nitrogen and oxygen atoms in total. The van der Waals surface area contributed by atoms with Gasteiger partial charge in [-0.2, -0.15) is 0 Å². The number of hydrogen-bond donors (Lipinski definition) is 5. The molecule has 1 saturated heterocycles. The normalized spacial score (nSPS) is 26.3. The number of carboxylic acids is 1. The van der Waals surface area contributed by atoms with Crippen LogP contribution in [-0.4, -0.2) is 149 Å². The van der Waals surface area contributed by atoms with Gasteiger partial charge in [-0.15, -0.1) is 0 Å². The number of aliphatic carboxylic acids is 1. The maximum Gasteiger partial charge on any atom is 0.335 e. The molecule has 2 heterocycles. The zero-order chi connectivity index (χ0) is 32.3. The number of imide groups is 1. The van der Waals surface area contributed by atoms with E-state index in [4.69, 9.17) is 23.7 Å². The molecule has 0 spiro atoms. The van der Waals surface area contributed by atoms with Gasteiger partial charge in [0, 0.05) is 52.9 Å². The molecule has 2 rings (SSSR count). The Morgan fingerprint density at radius 3 is 2.19 bits per heavy atom. The number of aliphatic imine (C=N–C) groups is 1. The zero-order valence-electron chi connectivity index (χ0n) is 23.9. The molecular formula is C26H38N2O15. The molecule has 1 fully saturated rings. The first-order valence-electron chi connectivity index (χ1n) is 13.3. The standard InChI is InChI=1S/C26H38N2O15/c1-39-22-19(34)21(36)26(43-23(22)24(37)38)42-14(18(33)20(35)25(40-2)41-3)11-13(29)12-27-15(30)7-5-4-6-10-28-16(31)8-9-17(28)32/h8-9,12,14,18-23,25-26,33-36H,4-7,10-11H2,1-3H3,(H,37,38)/b27-12+. The van der Waals surface area contributed by atoms with Gasteiger partial charge >= 0.3 is 5.97 Å². The molecule has 0 aromatic heterocycles. The molecule has 17 heteroatoms. The number of rotatable bonds is 18. The van der Waals surface area contributed by atoms with Gasteiger partial charge in [-0.3, -0.25) is 24.1 Å². The maximum atomic E-state index is 12.7. The van der Waals surface area contributed by atoms with Crippen molar-refractivity contribution in [3.05, 3.63) is 12.2 Å². The van der Waals surface area contributed by atoms with Gasteiger partial charge < -0.3 is 49.2 Å². The van der Waals surface area contributed by atoms with Crippen LogP contribution in [0.25, 0.3) is 0 Å². The van der Waals surface area contributed by atoms with E-state index in [1.54, 1.807) is 0 Å². The van der Waals surface area contributed by atoms with Gasteiger partial charge in [0.2, 0.25) is 5.91 Å². The van der Waals surface area contributed by atoms with Crippen LogP contribution in [0, 0.1) is 0 Å². The number of methoxy groups -OCH3 is 3. The van der Waals surface area contributed by atoms with Crippen LogP contribution in [0.4, 0.5) is 0 Å². The van der Waals surface area contributed by atoms with Crippen LogP contribution in [-0.2, 0) is 47.7 Å². The number of ether oxygens (including phenoxy) is 5. The first-order valence-corrected chi connectivity index (χ1v) is 13.3. The van der Waals surface area contributed by atoms with Gasteiger partial charge in [-0.25, -0.2) is 9.79 Å². The van der Waals surface area contributed by atoms with Crippen molar-refractivity contribution in [1.29, 1.82) is 0 Å². The van der Waals surface area contributed by atoms with Crippen molar-refractivity contribution in [2.75, 3.05) is 27.9 Å². The number of carbonyl (C=O) groups excluding carboxylic acids is 4. The minimum Gasteiger partial charge on any atom is -0.479 e. The molecule has 8 unspecified atom stereocenters. The first kappa shape index (κ1) is 36.2. The van der Waals surface area contributed by atoms with Crippen molar-refractivity contribution < 1.29 is 73.2 Å². The molecule has 0 aromatic rings. The summed E-state index contributed by atoms with van der Waals surface area (Å²) in [5.74, 6) is -3.86. The molecule has 0 saturated carbocycles. The zero-order valence-corrected chi connectivity index (χ0v) is 23.9. The van der Waals surface area contributed by atoms with Gasteiger partial charge in [-0.1, -0.05) is 6.42 Å². The van der Waals surface area contributed by atoms with Crippen LogP contribution in [0.5, 0.6) is 0 Å². The highest BCUT2D eigenvalue weighted by molar-refractivity contribution is 6.29. The molecule has 8 atom stereocenters. The number of ketones is 1. The third-order valence-corrected chi connectivity index (χ3v) is 6.77. The lowest BCUT2D eigenvalue weighted by Crippen LogP contribution is -2.62. The Labute approximate surface area is 246 Å². The second-order valence-electron chi connectivity index (χ2n) is 9.73. The molecule has 0 aromatic carbocycles. The predicted molar refractivity (Wildman–Crippen MR) is 141 cm³/mol. The summed E-state index contributed by atoms with van der Waals surface area (Å²) < 4.78 is 25.5. The van der Waals surface area contributed by atoms with Crippen molar-refractivity contribution >= 4 is 35.7 Å². The van der Waals surface area contributed by atoms with Gasteiger partial charge in [-0.05, 0) is 12.8 Å². The van der Waals surface area contributed by atoms with Crippen molar-refractivity contribution in [1.82, 2.24) is 4.90 Å². The quantitative estimate of drug-likeness (QED) is 0.0454. The molecule has 242 valence electrons. The van der Waals surface area contributed by atoms with E-state index in [0.29, 0.717) is 25.5 Å². The summed E-state index contributed by atoms with van der Waals surface area (Å²) in [7, 11) is 3.42. The van der Waals surface area contributed by atoms with Gasteiger partial charge in [0.1, 0.15) is 30.5 Å². The van der Waals surface area contributed by atoms with Crippen LogP contribution in [0.2, 0.25) is 0 Å². The van der Waals surface area contributed by atoms with Crippen LogP contribution in [0.15, 0.2) is 17.1 Å². The second-order valence-corrected chi connectivity index (χ2v) is 9.73. The Morgan fingerprint density at radius 1 is 1.00 bits per heavy atom. The summed E-state index contributed by atoms with van der Waals surface area (Å²) in [6.45, 7) is 0.207. The predicted octanol–water partition coefficient (Wildman–Crippen LogP) is -2.70. The fourth-order valence-electron chi connectivity index (χ4n) is 4.42. The number of nitrogens with zero attached hydrogens (tertiary/aromatic N) is 2. The Bertz CT molecular complexity index is 1030. The van der Waals surface area contributed by atoms with Crippen molar-refractivity contribution in [3.8, 4) is 0 Å². The topological polar surface area (TPSA) is 248 Å². The molecule has 2 aliphatic heterocycles. The lowest BCUT2D eigenvalue weighted by atomic mass is 9.97. The smallest absolute Gasteiger partial charge is 0.335 e. The number of carboxylic acid groups (broad SMARTS) is 1. The monoisotopic (exact) mass is 618 g/mol. The van der Waals surface area contributed by atoms with E-state index < -0.39 is 91.2 Å². The van der Waals surface area contributed by atoms with E-state index in [0.717, 1.165) is 12.0 Å². The number of Topliss-reactive ketones (excluding diaryl/α,β-unsaturated/α-hetero) is 1. The summed E-state index contributed by atoms with van der Waals surface area (Å²) in [5, 5.41) is 51.5. The molecule has 0 bridgehead atoms. The van der Waals surface area contributed by atoms with Crippen LogP contribution >= 0.6 is 0 Å². The lowest BCUT2D eigenvalue weighted by Gasteiger charge is -2.42. The SMILES string of the molecule is COC(OC)C(O)C(O)C(CC(=O)/C=N/C(=O)CCCCCN1C(=O)C=CC1=O)OC1OC(C(=O)O)C(OC)C(O)C1O. The number of hydrogen-bond acceptors (Lipinski definition) is 14. The van der Waals surface area contributed by atoms with Crippen LogP contribution in [0.1, 0.15) is 32.1 Å². The minimum atomic E-state index is -1.95. The summed E-state index contributed by atoms with van der Waals surface area (Å²) in [6.07, 6.45) is -12.1. The maximum absolute atomic E-state index is 12.7. The van der Waals surface area contributed by atoms with Gasteiger partial charge in [0.05, 0.1) is 12.3 Å². The summed E-state index contributed by atoms with van der Waals surface area (Å²) in [5.41, 5.74) is 0. The van der Waals surface area contributed by atoms with Crippen molar-refractivity contribution in [2.24, 2.45) is 4.99 Å². The third kappa shape index (κ3) is 10.0. The van der Waals surface area contributed by atoms with Gasteiger partial charge in [0.15, 0.2) is 24.5 Å². The number of aliphatic hydroxyl groups is 4. The summed E-state index contributed by atoms with van der Waals surface area (Å²) >= 11 is 0. The number of aliphatic hydroxyl groups excluding tert-OH is 4. The Morgan fingerprint density at radius 2 is 1.63 bits per heavy atom. The molecule has 0 aliphatic carbocycles. The third-order valence-electron chi connectivity index (χ3n) is 6.77. The van der Waals surface area contributed by atoms with E-state index in [-0.39, 0.29) is 13.0 Å². The minimum absolute atomic E-state index is 0.0359. The number of carbonyl (C=O) groups is 5. The summed E-state index contributed by atoms with van der Waals surface area (Å²) in [6, 6.07) is 0. The summed E-state index contributed by atoms with van der Waals surface area (Å²) in [4.78, 5) is 64.2. The average Bonchev–Trinajstić information content (AvgIpc) is 3.29. The highest BCUT2D eigenvalue weighted by atomic mass is 16.7. The Balaban J connectivity index is 2.02. The van der Waals surface area contributed by atoms with E-state index in [1.807, 2.05) is 0 Å². The number of unbranched alkanes of at least 4 members (excludes halogenated alkanes) is 2. The van der Waals surface area contributed by atoms with Crippen molar-refractivity contribution in [2.45, 2.75) is 87.4 Å². The molecule has 5 N–H and O–H groups in total. The second kappa shape index (κ2) is 17.3. The fraction of sp³-hybridized carbons (Fsp3) is 0.692. The van der Waals surface area contributed by atoms with Crippen LogP contribution in [0.3, 0.4) is 0 Å². The molecule has 43 heavy (non-hydrogen) atoms. The fourth-order valence-corrected chi connectivity index (χ4v) is 4.42. The first-order chi connectivity index (χ1) is 20.4.